The van der Waals surface area contributed by atoms with E-state index in [1.807, 2.05) is 25.2 Å². The van der Waals surface area contributed by atoms with Gasteiger partial charge in [-0.2, -0.15) is 0 Å². The van der Waals surface area contributed by atoms with E-state index in [1.54, 1.807) is 0 Å². The second-order valence-electron chi connectivity index (χ2n) is 4.52. The number of amidine groups is 1. The summed E-state index contributed by atoms with van der Waals surface area (Å²) in [7, 11) is 1.85. The smallest absolute Gasteiger partial charge is 0.135 e. The molecule has 0 N–H and O–H groups in total. The van der Waals surface area contributed by atoms with Crippen LogP contribution < -0.4 is 0 Å². The molecule has 1 aromatic rings. The Labute approximate surface area is 123 Å². The lowest BCUT2D eigenvalue weighted by Gasteiger charge is -2.33. The lowest BCUT2D eigenvalue weighted by molar-refractivity contribution is 0.429. The van der Waals surface area contributed by atoms with Gasteiger partial charge in [0.2, 0.25) is 0 Å². The molecular formula is C16H19BrN2. The summed E-state index contributed by atoms with van der Waals surface area (Å²) in [4.78, 5) is 6.75. The largest absolute Gasteiger partial charge is 0.325 e. The van der Waals surface area contributed by atoms with Crippen LogP contribution in [0.3, 0.4) is 0 Å². The van der Waals surface area contributed by atoms with E-state index in [0.29, 0.717) is 6.04 Å². The number of hydrogen-bond acceptors (Lipinski definition) is 1. The summed E-state index contributed by atoms with van der Waals surface area (Å²) >= 11 is 3.68. The maximum Gasteiger partial charge on any atom is 0.135 e. The molecule has 1 unspecified atom stereocenters. The Hall–Kier alpha value is -1.35. The van der Waals surface area contributed by atoms with Gasteiger partial charge in [-0.15, -0.1) is 0 Å². The molecule has 0 saturated heterocycles. The minimum absolute atomic E-state index is 0.342. The van der Waals surface area contributed by atoms with Crippen LogP contribution >= 0.6 is 15.9 Å². The minimum atomic E-state index is 0.342. The molecule has 1 heterocycles. The predicted octanol–water partition coefficient (Wildman–Crippen LogP) is 4.34. The van der Waals surface area contributed by atoms with E-state index in [0.717, 1.165) is 24.2 Å². The molecule has 3 heteroatoms. The zero-order valence-electron chi connectivity index (χ0n) is 11.4. The molecule has 2 rings (SSSR count). The van der Waals surface area contributed by atoms with E-state index < -0.39 is 0 Å². The van der Waals surface area contributed by atoms with Crippen molar-refractivity contribution in [2.75, 3.05) is 7.05 Å². The molecule has 0 bridgehead atoms. The Morgan fingerprint density at radius 3 is 2.68 bits per heavy atom. The highest BCUT2D eigenvalue weighted by Crippen LogP contribution is 2.27. The Morgan fingerprint density at radius 1 is 1.32 bits per heavy atom. The summed E-state index contributed by atoms with van der Waals surface area (Å²) in [5.74, 6) is 1.01. The second kappa shape index (κ2) is 6.71. The molecule has 0 aromatic heterocycles. The summed E-state index contributed by atoms with van der Waals surface area (Å²) in [6, 6.07) is 10.7. The van der Waals surface area contributed by atoms with Gasteiger partial charge in [-0.25, -0.2) is 0 Å². The Morgan fingerprint density at radius 2 is 2.05 bits per heavy atom. The molecule has 0 fully saturated rings. The molecule has 0 saturated carbocycles. The van der Waals surface area contributed by atoms with E-state index in [-0.39, 0.29) is 0 Å². The van der Waals surface area contributed by atoms with Crippen LogP contribution in [0.4, 0.5) is 0 Å². The topological polar surface area (TPSA) is 15.6 Å². The molecule has 1 atom stereocenters. The average molecular weight is 319 g/mol. The number of halogens is 1. The zero-order valence-corrected chi connectivity index (χ0v) is 13.0. The van der Waals surface area contributed by atoms with Crippen molar-refractivity contribution in [2.24, 2.45) is 4.99 Å². The molecule has 0 spiro atoms. The molecule has 0 amide bonds. The molecule has 0 aliphatic carbocycles. The third kappa shape index (κ3) is 3.16. The van der Waals surface area contributed by atoms with Crippen LogP contribution in [0.25, 0.3) is 0 Å². The van der Waals surface area contributed by atoms with Gasteiger partial charge in [0, 0.05) is 23.3 Å². The Kier molecular flexibility index (Phi) is 4.97. The number of allylic oxidation sites excluding steroid dienone is 2. The van der Waals surface area contributed by atoms with Crippen LogP contribution in [0.1, 0.15) is 25.3 Å². The fraction of sp³-hybridized carbons (Fsp3) is 0.312. The third-order valence-corrected chi connectivity index (χ3v) is 4.00. The van der Waals surface area contributed by atoms with Crippen molar-refractivity contribution in [3.63, 3.8) is 0 Å². The van der Waals surface area contributed by atoms with Crippen molar-refractivity contribution >= 4 is 21.8 Å². The van der Waals surface area contributed by atoms with Crippen LogP contribution in [-0.2, 0) is 0 Å². The standard InChI is InChI=1S/C16H19BrN2/c1-3-8-15-14(17)11-7-12-19(15)16(18-2)13-9-5-4-6-10-13/h4-7,9-12,15H,3,8H2,1-2H3. The molecule has 0 radical (unpaired) electrons. The van der Waals surface area contributed by atoms with Crippen molar-refractivity contribution < 1.29 is 0 Å². The first-order valence-electron chi connectivity index (χ1n) is 6.62. The van der Waals surface area contributed by atoms with Gasteiger partial charge in [-0.1, -0.05) is 59.6 Å². The number of benzene rings is 1. The number of hydrogen-bond donors (Lipinski definition) is 0. The molecular weight excluding hydrogens is 300 g/mol. The molecule has 1 aliphatic rings. The SMILES string of the molecule is CCCC1C(Br)=CC=CN1C(=NC)c1ccccc1. The van der Waals surface area contributed by atoms with E-state index in [9.17, 15) is 0 Å². The van der Waals surface area contributed by atoms with Gasteiger partial charge >= 0.3 is 0 Å². The third-order valence-electron chi connectivity index (χ3n) is 3.21. The van der Waals surface area contributed by atoms with Gasteiger partial charge in [0.25, 0.3) is 0 Å². The average Bonchev–Trinajstić information content (AvgIpc) is 2.44. The fourth-order valence-corrected chi connectivity index (χ4v) is 2.93. The maximum absolute atomic E-state index is 4.49. The van der Waals surface area contributed by atoms with Crippen LogP contribution in [0, 0.1) is 0 Å². The summed E-state index contributed by atoms with van der Waals surface area (Å²) in [5, 5.41) is 0. The maximum atomic E-state index is 4.49. The predicted molar refractivity (Wildman–Crippen MR) is 85.6 cm³/mol. The summed E-state index contributed by atoms with van der Waals surface area (Å²) in [6.07, 6.45) is 8.54. The highest BCUT2D eigenvalue weighted by atomic mass is 79.9. The zero-order chi connectivity index (χ0) is 13.7. The number of nitrogens with zero attached hydrogens (tertiary/aromatic N) is 2. The Balaban J connectivity index is 2.33. The van der Waals surface area contributed by atoms with Gasteiger partial charge in [0.05, 0.1) is 6.04 Å². The van der Waals surface area contributed by atoms with E-state index in [4.69, 9.17) is 0 Å². The quantitative estimate of drug-likeness (QED) is 0.598. The monoisotopic (exact) mass is 318 g/mol. The van der Waals surface area contributed by atoms with Crippen molar-refractivity contribution in [1.82, 2.24) is 4.90 Å². The first kappa shape index (κ1) is 14.1. The van der Waals surface area contributed by atoms with Crippen molar-refractivity contribution in [3.8, 4) is 0 Å². The van der Waals surface area contributed by atoms with Crippen LogP contribution in [0.15, 0.2) is 58.2 Å². The fourth-order valence-electron chi connectivity index (χ4n) is 2.33. The molecule has 2 nitrogen and oxygen atoms in total. The Bertz CT molecular complexity index is 503. The first-order valence-corrected chi connectivity index (χ1v) is 7.41. The van der Waals surface area contributed by atoms with E-state index in [1.165, 1.54) is 4.48 Å². The summed E-state index contributed by atoms with van der Waals surface area (Å²) < 4.78 is 1.22. The second-order valence-corrected chi connectivity index (χ2v) is 5.43. The van der Waals surface area contributed by atoms with Crippen LogP contribution in [0.5, 0.6) is 0 Å². The lowest BCUT2D eigenvalue weighted by atomic mass is 10.1. The van der Waals surface area contributed by atoms with Crippen LogP contribution in [0.2, 0.25) is 0 Å². The van der Waals surface area contributed by atoms with Gasteiger partial charge in [-0.05, 0) is 18.6 Å². The molecule has 19 heavy (non-hydrogen) atoms. The van der Waals surface area contributed by atoms with Gasteiger partial charge in [0.15, 0.2) is 0 Å². The lowest BCUT2D eigenvalue weighted by Crippen LogP contribution is -2.38. The molecule has 1 aliphatic heterocycles. The summed E-state index contributed by atoms with van der Waals surface area (Å²) in [6.45, 7) is 2.21. The highest BCUT2D eigenvalue weighted by Gasteiger charge is 2.24. The highest BCUT2D eigenvalue weighted by molar-refractivity contribution is 9.11. The molecule has 100 valence electrons. The van der Waals surface area contributed by atoms with Crippen molar-refractivity contribution in [3.05, 3.63) is 58.7 Å². The number of rotatable bonds is 3. The van der Waals surface area contributed by atoms with E-state index >= 15 is 0 Å². The van der Waals surface area contributed by atoms with Gasteiger partial charge < -0.3 is 4.90 Å². The molecule has 1 aromatic carbocycles. The van der Waals surface area contributed by atoms with Crippen LogP contribution in [-0.4, -0.2) is 23.8 Å². The first-order chi connectivity index (χ1) is 9.27. The minimum Gasteiger partial charge on any atom is -0.325 e. The number of aliphatic imine (C=N–C) groups is 1. The van der Waals surface area contributed by atoms with Crippen molar-refractivity contribution in [2.45, 2.75) is 25.8 Å². The van der Waals surface area contributed by atoms with E-state index in [2.05, 4.69) is 63.2 Å². The van der Waals surface area contributed by atoms with Gasteiger partial charge in [-0.3, -0.25) is 4.99 Å². The van der Waals surface area contributed by atoms with Gasteiger partial charge in [0.1, 0.15) is 5.84 Å². The normalized spacial score (nSPS) is 19.5. The van der Waals surface area contributed by atoms with Crippen molar-refractivity contribution in [1.29, 1.82) is 0 Å². The summed E-state index contributed by atoms with van der Waals surface area (Å²) in [5.41, 5.74) is 1.15.